The number of hydrogen-bond donors (Lipinski definition) is 1. The van der Waals surface area contributed by atoms with E-state index in [-0.39, 0.29) is 5.82 Å². The maximum atomic E-state index is 13.5. The van der Waals surface area contributed by atoms with Gasteiger partial charge in [0, 0.05) is 29.5 Å². The van der Waals surface area contributed by atoms with Gasteiger partial charge in [0.2, 0.25) is 0 Å². The van der Waals surface area contributed by atoms with Crippen LogP contribution in [0, 0.1) is 5.82 Å². The Labute approximate surface area is 159 Å². The average molecular weight is 387 g/mol. The molecule has 0 unspecified atom stereocenters. The molecule has 0 saturated carbocycles. The van der Waals surface area contributed by atoms with E-state index in [1.165, 1.54) is 12.1 Å². The van der Waals surface area contributed by atoms with Gasteiger partial charge in [0.25, 0.3) is 0 Å². The Balaban J connectivity index is 1.69. The lowest BCUT2D eigenvalue weighted by molar-refractivity contribution is 0.629. The number of nitrogens with zero attached hydrogens (tertiary/aromatic N) is 3. The number of nitrogens with one attached hydrogen (secondary N) is 1. The van der Waals surface area contributed by atoms with E-state index in [1.54, 1.807) is 30.5 Å². The van der Waals surface area contributed by atoms with Crippen LogP contribution in [0.5, 0.6) is 0 Å². The van der Waals surface area contributed by atoms with E-state index in [4.69, 9.17) is 23.2 Å². The van der Waals surface area contributed by atoms with E-state index in [1.807, 2.05) is 23.7 Å². The minimum absolute atomic E-state index is 0.300. The van der Waals surface area contributed by atoms with E-state index in [0.29, 0.717) is 32.7 Å². The Hall–Kier alpha value is -2.63. The molecule has 0 aliphatic heterocycles. The van der Waals surface area contributed by atoms with Crippen LogP contribution in [0.1, 0.15) is 0 Å². The lowest BCUT2D eigenvalue weighted by Crippen LogP contribution is -1.97. The number of fused-ring (bicyclic) bond motifs is 1. The van der Waals surface area contributed by atoms with Crippen LogP contribution in [0.15, 0.2) is 54.7 Å². The van der Waals surface area contributed by atoms with E-state index < -0.39 is 0 Å². The summed E-state index contributed by atoms with van der Waals surface area (Å²) in [5, 5.41) is 4.26. The van der Waals surface area contributed by atoms with Crippen LogP contribution in [0.3, 0.4) is 0 Å². The molecule has 2 aromatic heterocycles. The van der Waals surface area contributed by atoms with Gasteiger partial charge < -0.3 is 9.88 Å². The number of aromatic nitrogens is 3. The van der Waals surface area contributed by atoms with Gasteiger partial charge in [-0.2, -0.15) is 0 Å². The van der Waals surface area contributed by atoms with E-state index >= 15 is 0 Å². The molecule has 0 bridgehead atoms. The zero-order valence-corrected chi connectivity index (χ0v) is 15.2. The van der Waals surface area contributed by atoms with Crippen molar-refractivity contribution in [1.82, 2.24) is 14.5 Å². The highest BCUT2D eigenvalue weighted by atomic mass is 35.5. The van der Waals surface area contributed by atoms with Crippen LogP contribution < -0.4 is 5.32 Å². The fourth-order valence-corrected chi connectivity index (χ4v) is 3.08. The fraction of sp³-hybridized carbons (Fsp3) is 0.0526. The summed E-state index contributed by atoms with van der Waals surface area (Å²) in [5.41, 5.74) is 2.99. The predicted octanol–water partition coefficient (Wildman–Crippen LogP) is 5.82. The molecule has 4 aromatic rings. The Morgan fingerprint density at radius 2 is 1.81 bits per heavy atom. The summed E-state index contributed by atoms with van der Waals surface area (Å²) in [4.78, 5) is 8.95. The zero-order chi connectivity index (χ0) is 18.3. The van der Waals surface area contributed by atoms with Crippen LogP contribution in [0.25, 0.3) is 22.4 Å². The van der Waals surface area contributed by atoms with Crippen LogP contribution in [0.4, 0.5) is 15.9 Å². The van der Waals surface area contributed by atoms with Crippen LogP contribution >= 0.6 is 23.2 Å². The number of aryl methyl sites for hydroxylation is 1. The van der Waals surface area contributed by atoms with Crippen molar-refractivity contribution in [3.63, 3.8) is 0 Å². The standard InChI is InChI=1S/C19H13Cl2FN4/c1-26-17-9-13(22)4-7-16(17)25-19(26)11-8-15(21)18(23-10-11)24-14-5-2-12(20)3-6-14/h2-10H,1H3,(H,23,24). The summed E-state index contributed by atoms with van der Waals surface area (Å²) in [6.45, 7) is 0. The Bertz CT molecular complexity index is 1110. The Morgan fingerprint density at radius 3 is 2.54 bits per heavy atom. The molecule has 0 aliphatic rings. The van der Waals surface area contributed by atoms with Gasteiger partial charge in [0.15, 0.2) is 0 Å². The van der Waals surface area contributed by atoms with Gasteiger partial charge in [-0.05, 0) is 48.5 Å². The highest BCUT2D eigenvalue weighted by molar-refractivity contribution is 6.33. The molecule has 0 radical (unpaired) electrons. The number of hydrogen-bond acceptors (Lipinski definition) is 3. The molecular formula is C19H13Cl2FN4. The summed E-state index contributed by atoms with van der Waals surface area (Å²) >= 11 is 12.3. The molecule has 4 rings (SSSR count). The number of halogens is 3. The minimum atomic E-state index is -0.300. The van der Waals surface area contributed by atoms with Gasteiger partial charge in [-0.15, -0.1) is 0 Å². The molecule has 130 valence electrons. The maximum absolute atomic E-state index is 13.5. The van der Waals surface area contributed by atoms with Crippen LogP contribution in [-0.4, -0.2) is 14.5 Å². The number of pyridine rings is 1. The maximum Gasteiger partial charge on any atom is 0.149 e. The molecule has 7 heteroatoms. The summed E-state index contributed by atoms with van der Waals surface area (Å²) < 4.78 is 15.3. The number of benzene rings is 2. The van der Waals surface area contributed by atoms with Gasteiger partial charge in [-0.25, -0.2) is 14.4 Å². The third-order valence-electron chi connectivity index (χ3n) is 4.05. The van der Waals surface area contributed by atoms with Gasteiger partial charge >= 0.3 is 0 Å². The summed E-state index contributed by atoms with van der Waals surface area (Å²) in [6.07, 6.45) is 1.68. The van der Waals surface area contributed by atoms with Crippen LogP contribution in [-0.2, 0) is 7.05 Å². The van der Waals surface area contributed by atoms with Crippen molar-refractivity contribution in [2.24, 2.45) is 7.05 Å². The predicted molar refractivity (Wildman–Crippen MR) is 104 cm³/mol. The largest absolute Gasteiger partial charge is 0.339 e. The highest BCUT2D eigenvalue weighted by Crippen LogP contribution is 2.30. The Morgan fingerprint density at radius 1 is 1.04 bits per heavy atom. The second-order valence-electron chi connectivity index (χ2n) is 5.81. The van der Waals surface area contributed by atoms with Crippen molar-refractivity contribution >= 4 is 45.7 Å². The van der Waals surface area contributed by atoms with Crippen molar-refractivity contribution in [3.05, 3.63) is 70.6 Å². The first-order chi connectivity index (χ1) is 12.5. The molecule has 0 saturated heterocycles. The normalized spacial score (nSPS) is 11.1. The molecule has 4 nitrogen and oxygen atoms in total. The molecule has 2 aromatic carbocycles. The van der Waals surface area contributed by atoms with E-state index in [2.05, 4.69) is 15.3 Å². The smallest absolute Gasteiger partial charge is 0.149 e. The molecule has 0 amide bonds. The van der Waals surface area contributed by atoms with Gasteiger partial charge in [-0.1, -0.05) is 23.2 Å². The third kappa shape index (κ3) is 3.11. The molecule has 0 atom stereocenters. The number of rotatable bonds is 3. The van der Waals surface area contributed by atoms with E-state index in [9.17, 15) is 4.39 Å². The molecule has 2 heterocycles. The topological polar surface area (TPSA) is 42.7 Å². The van der Waals surface area contributed by atoms with Gasteiger partial charge in [-0.3, -0.25) is 0 Å². The van der Waals surface area contributed by atoms with Crippen molar-refractivity contribution in [2.75, 3.05) is 5.32 Å². The lowest BCUT2D eigenvalue weighted by atomic mass is 10.2. The molecule has 0 spiro atoms. The van der Waals surface area contributed by atoms with Crippen molar-refractivity contribution in [3.8, 4) is 11.4 Å². The molecular weight excluding hydrogens is 374 g/mol. The number of imidazole rings is 1. The van der Waals surface area contributed by atoms with Crippen molar-refractivity contribution in [2.45, 2.75) is 0 Å². The third-order valence-corrected chi connectivity index (χ3v) is 4.59. The second-order valence-corrected chi connectivity index (χ2v) is 6.66. The SMILES string of the molecule is Cn1c(-c2cnc(Nc3ccc(Cl)cc3)c(Cl)c2)nc2ccc(F)cc21. The van der Waals surface area contributed by atoms with Crippen LogP contribution in [0.2, 0.25) is 10.0 Å². The number of anilines is 2. The van der Waals surface area contributed by atoms with Gasteiger partial charge in [0.05, 0.1) is 16.1 Å². The fourth-order valence-electron chi connectivity index (χ4n) is 2.74. The first-order valence-electron chi connectivity index (χ1n) is 7.82. The highest BCUT2D eigenvalue weighted by Gasteiger charge is 2.13. The molecule has 1 N–H and O–H groups in total. The summed E-state index contributed by atoms with van der Waals surface area (Å²) in [6, 6.07) is 13.5. The van der Waals surface area contributed by atoms with Crippen molar-refractivity contribution in [1.29, 1.82) is 0 Å². The van der Waals surface area contributed by atoms with Gasteiger partial charge in [0.1, 0.15) is 17.5 Å². The lowest BCUT2D eigenvalue weighted by Gasteiger charge is -2.09. The first-order valence-corrected chi connectivity index (χ1v) is 8.57. The monoisotopic (exact) mass is 386 g/mol. The summed E-state index contributed by atoms with van der Waals surface area (Å²) in [7, 11) is 1.83. The molecule has 0 aliphatic carbocycles. The summed E-state index contributed by atoms with van der Waals surface area (Å²) in [5.74, 6) is 0.895. The van der Waals surface area contributed by atoms with Crippen molar-refractivity contribution < 1.29 is 4.39 Å². The Kier molecular flexibility index (Phi) is 4.26. The van der Waals surface area contributed by atoms with E-state index in [0.717, 1.165) is 11.3 Å². The average Bonchev–Trinajstić information content (AvgIpc) is 2.95. The first kappa shape index (κ1) is 16.8. The zero-order valence-electron chi connectivity index (χ0n) is 13.7. The molecule has 26 heavy (non-hydrogen) atoms. The second kappa shape index (κ2) is 6.59. The quantitative estimate of drug-likeness (QED) is 0.481. The minimum Gasteiger partial charge on any atom is -0.339 e. The molecule has 0 fully saturated rings.